The Morgan fingerprint density at radius 3 is 2.92 bits per heavy atom. The molecule has 0 amide bonds. The molecule has 0 bridgehead atoms. The smallest absolute Gasteiger partial charge is 0.0379 e. The van der Waals surface area contributed by atoms with Gasteiger partial charge in [0.05, 0.1) is 0 Å². The van der Waals surface area contributed by atoms with Crippen LogP contribution in [-0.2, 0) is 0 Å². The van der Waals surface area contributed by atoms with Crippen LogP contribution in [0.5, 0.6) is 0 Å². The molecule has 3 heteroatoms. The molecule has 1 saturated heterocycles. The minimum atomic E-state index is 0.649. The van der Waals surface area contributed by atoms with Crippen LogP contribution in [0.2, 0.25) is 0 Å². The van der Waals surface area contributed by atoms with Crippen molar-refractivity contribution in [2.45, 2.75) is 31.7 Å². The van der Waals surface area contributed by atoms with Crippen molar-refractivity contribution in [1.82, 2.24) is 4.90 Å². The Bertz CT molecular complexity index is 132. The summed E-state index contributed by atoms with van der Waals surface area (Å²) in [6, 6.07) is 0.649. The summed E-state index contributed by atoms with van der Waals surface area (Å²) >= 11 is 7.91. The summed E-state index contributed by atoms with van der Waals surface area (Å²) in [4.78, 5) is 2.58. The lowest BCUT2D eigenvalue weighted by molar-refractivity contribution is 0.230. The van der Waals surface area contributed by atoms with Crippen molar-refractivity contribution in [1.29, 1.82) is 0 Å². The highest BCUT2D eigenvalue weighted by Crippen LogP contribution is 2.17. The standard InChI is InChI=1S/C10H20ClNS/c1-13-8-7-12-6-4-2-3-5-10(12)9-11/h10H,2-9H2,1H3. The lowest BCUT2D eigenvalue weighted by Crippen LogP contribution is -2.37. The molecule has 1 unspecified atom stereocenters. The monoisotopic (exact) mass is 221 g/mol. The van der Waals surface area contributed by atoms with Gasteiger partial charge in [-0.2, -0.15) is 11.8 Å². The molecule has 0 N–H and O–H groups in total. The van der Waals surface area contributed by atoms with Crippen LogP contribution in [0.1, 0.15) is 25.7 Å². The lowest BCUT2D eigenvalue weighted by atomic mass is 10.1. The van der Waals surface area contributed by atoms with Crippen LogP contribution in [0.3, 0.4) is 0 Å². The summed E-state index contributed by atoms with van der Waals surface area (Å²) in [6.07, 6.45) is 7.60. The van der Waals surface area contributed by atoms with E-state index in [4.69, 9.17) is 11.6 Å². The Morgan fingerprint density at radius 1 is 1.38 bits per heavy atom. The highest BCUT2D eigenvalue weighted by atomic mass is 35.5. The molecule has 1 heterocycles. The van der Waals surface area contributed by atoms with Crippen molar-refractivity contribution in [3.8, 4) is 0 Å². The Kier molecular flexibility index (Phi) is 6.26. The van der Waals surface area contributed by atoms with Gasteiger partial charge < -0.3 is 0 Å². The van der Waals surface area contributed by atoms with Crippen LogP contribution in [0.25, 0.3) is 0 Å². The summed E-state index contributed by atoms with van der Waals surface area (Å²) in [5, 5.41) is 0. The number of alkyl halides is 1. The highest BCUT2D eigenvalue weighted by Gasteiger charge is 2.18. The third-order valence-electron chi connectivity index (χ3n) is 2.76. The van der Waals surface area contributed by atoms with E-state index in [-0.39, 0.29) is 0 Å². The molecule has 1 rings (SSSR count). The molecule has 0 aromatic carbocycles. The molecule has 78 valence electrons. The van der Waals surface area contributed by atoms with E-state index in [0.717, 1.165) is 5.88 Å². The molecule has 1 aliphatic rings. The van der Waals surface area contributed by atoms with E-state index in [1.807, 2.05) is 11.8 Å². The van der Waals surface area contributed by atoms with E-state index in [9.17, 15) is 0 Å². The quantitative estimate of drug-likeness (QED) is 0.672. The molecule has 0 radical (unpaired) electrons. The fourth-order valence-electron chi connectivity index (χ4n) is 1.91. The first kappa shape index (κ1) is 11.7. The molecule has 1 aliphatic heterocycles. The zero-order chi connectivity index (χ0) is 9.52. The van der Waals surface area contributed by atoms with Crippen molar-refractivity contribution in [2.24, 2.45) is 0 Å². The minimum absolute atomic E-state index is 0.649. The number of halogens is 1. The van der Waals surface area contributed by atoms with Crippen LogP contribution in [0.4, 0.5) is 0 Å². The molecule has 0 saturated carbocycles. The molecule has 0 aromatic heterocycles. The molecular weight excluding hydrogens is 202 g/mol. The van der Waals surface area contributed by atoms with Gasteiger partial charge in [0.15, 0.2) is 0 Å². The van der Waals surface area contributed by atoms with Crippen LogP contribution < -0.4 is 0 Å². The predicted octanol–water partition coefficient (Wildman–Crippen LogP) is 2.83. The second-order valence-electron chi connectivity index (χ2n) is 3.69. The summed E-state index contributed by atoms with van der Waals surface area (Å²) in [6.45, 7) is 2.48. The first-order chi connectivity index (χ1) is 6.38. The number of likely N-dealkylation sites (tertiary alicyclic amines) is 1. The second-order valence-corrected chi connectivity index (χ2v) is 4.98. The summed E-state index contributed by atoms with van der Waals surface area (Å²) in [5.74, 6) is 2.06. The number of thioether (sulfide) groups is 1. The van der Waals surface area contributed by atoms with E-state index in [1.54, 1.807) is 0 Å². The maximum absolute atomic E-state index is 5.98. The first-order valence-electron chi connectivity index (χ1n) is 5.17. The van der Waals surface area contributed by atoms with Crippen molar-refractivity contribution >= 4 is 23.4 Å². The molecule has 0 aliphatic carbocycles. The van der Waals surface area contributed by atoms with Crippen molar-refractivity contribution in [3.63, 3.8) is 0 Å². The molecule has 1 fully saturated rings. The van der Waals surface area contributed by atoms with Crippen LogP contribution >= 0.6 is 23.4 Å². The van der Waals surface area contributed by atoms with Gasteiger partial charge in [0.25, 0.3) is 0 Å². The molecule has 0 aromatic rings. The van der Waals surface area contributed by atoms with Crippen LogP contribution in [0, 0.1) is 0 Å². The van der Waals surface area contributed by atoms with Crippen LogP contribution in [-0.4, -0.2) is 41.9 Å². The molecule has 1 atom stereocenters. The molecule has 0 spiro atoms. The Labute approximate surface area is 91.2 Å². The molecular formula is C10H20ClNS. The minimum Gasteiger partial charge on any atom is -0.298 e. The average molecular weight is 222 g/mol. The van der Waals surface area contributed by atoms with Crippen molar-refractivity contribution in [3.05, 3.63) is 0 Å². The van der Waals surface area contributed by atoms with Crippen LogP contribution in [0.15, 0.2) is 0 Å². The Balaban J connectivity index is 2.34. The van der Waals surface area contributed by atoms with Crippen molar-refractivity contribution in [2.75, 3.05) is 31.0 Å². The first-order valence-corrected chi connectivity index (χ1v) is 7.10. The second kappa shape index (κ2) is 6.97. The number of rotatable bonds is 4. The van der Waals surface area contributed by atoms with Gasteiger partial charge in [-0.1, -0.05) is 12.8 Å². The average Bonchev–Trinajstić information content (AvgIpc) is 2.39. The van der Waals surface area contributed by atoms with E-state index >= 15 is 0 Å². The third kappa shape index (κ3) is 4.09. The van der Waals surface area contributed by atoms with Gasteiger partial charge in [-0.25, -0.2) is 0 Å². The summed E-state index contributed by atoms with van der Waals surface area (Å²) in [5.41, 5.74) is 0. The topological polar surface area (TPSA) is 3.24 Å². The van der Waals surface area contributed by atoms with E-state index < -0.39 is 0 Å². The fourth-order valence-corrected chi connectivity index (χ4v) is 2.68. The van der Waals surface area contributed by atoms with Crippen molar-refractivity contribution < 1.29 is 0 Å². The number of hydrogen-bond donors (Lipinski definition) is 0. The maximum atomic E-state index is 5.98. The third-order valence-corrected chi connectivity index (χ3v) is 3.71. The van der Waals surface area contributed by atoms with E-state index in [0.29, 0.717) is 6.04 Å². The van der Waals surface area contributed by atoms with Gasteiger partial charge in [0, 0.05) is 24.2 Å². The SMILES string of the molecule is CSCCN1CCCCCC1CCl. The van der Waals surface area contributed by atoms with E-state index in [1.165, 1.54) is 44.5 Å². The highest BCUT2D eigenvalue weighted by molar-refractivity contribution is 7.98. The largest absolute Gasteiger partial charge is 0.298 e. The van der Waals surface area contributed by atoms with Gasteiger partial charge in [0.2, 0.25) is 0 Å². The van der Waals surface area contributed by atoms with Gasteiger partial charge in [-0.15, -0.1) is 11.6 Å². The summed E-state index contributed by atoms with van der Waals surface area (Å²) < 4.78 is 0. The number of nitrogens with zero attached hydrogens (tertiary/aromatic N) is 1. The molecule has 13 heavy (non-hydrogen) atoms. The predicted molar refractivity (Wildman–Crippen MR) is 62.9 cm³/mol. The summed E-state index contributed by atoms with van der Waals surface area (Å²) in [7, 11) is 0. The van der Waals surface area contributed by atoms with E-state index in [2.05, 4.69) is 11.2 Å². The van der Waals surface area contributed by atoms with Gasteiger partial charge in [-0.05, 0) is 25.6 Å². The fraction of sp³-hybridized carbons (Fsp3) is 1.00. The lowest BCUT2D eigenvalue weighted by Gasteiger charge is -2.27. The zero-order valence-corrected chi connectivity index (χ0v) is 10.0. The Hall–Kier alpha value is 0.600. The molecule has 1 nitrogen and oxygen atoms in total. The van der Waals surface area contributed by atoms with Gasteiger partial charge in [0.1, 0.15) is 0 Å². The van der Waals surface area contributed by atoms with Gasteiger partial charge >= 0.3 is 0 Å². The normalized spacial score (nSPS) is 25.8. The number of hydrogen-bond acceptors (Lipinski definition) is 2. The van der Waals surface area contributed by atoms with Gasteiger partial charge in [-0.3, -0.25) is 4.90 Å². The maximum Gasteiger partial charge on any atom is 0.0379 e. The zero-order valence-electron chi connectivity index (χ0n) is 8.47. The Morgan fingerprint density at radius 2 is 2.23 bits per heavy atom.